The second kappa shape index (κ2) is 9.94. The van der Waals surface area contributed by atoms with Crippen LogP contribution in [0.1, 0.15) is 17.2 Å². The zero-order valence-electron chi connectivity index (χ0n) is 16.9. The first-order chi connectivity index (χ1) is 15.0. The van der Waals surface area contributed by atoms with Gasteiger partial charge in [-0.1, -0.05) is 71.2 Å². The average Bonchev–Trinajstić information content (AvgIpc) is 2.79. The maximum atomic E-state index is 7.10. The van der Waals surface area contributed by atoms with E-state index in [-0.39, 0.29) is 6.04 Å². The van der Waals surface area contributed by atoms with Crippen molar-refractivity contribution in [3.05, 3.63) is 104 Å². The van der Waals surface area contributed by atoms with Gasteiger partial charge in [-0.3, -0.25) is 4.90 Å². The first kappa shape index (κ1) is 22.0. The molecule has 1 aliphatic rings. The van der Waals surface area contributed by atoms with Gasteiger partial charge in [0.15, 0.2) is 5.69 Å². The molecule has 1 saturated heterocycles. The summed E-state index contributed by atoms with van der Waals surface area (Å²) in [6.07, 6.45) is 0.952. The van der Waals surface area contributed by atoms with Gasteiger partial charge in [0.2, 0.25) is 0 Å². The summed E-state index contributed by atoms with van der Waals surface area (Å²) in [4.78, 5) is 8.32. The average molecular weight is 471 g/mol. The molecular formula is C25H22Cl3N3. The molecule has 4 rings (SSSR count). The summed E-state index contributed by atoms with van der Waals surface area (Å²) in [6.45, 7) is 10.8. The lowest BCUT2D eigenvalue weighted by Crippen LogP contribution is -2.49. The van der Waals surface area contributed by atoms with Gasteiger partial charge in [-0.15, -0.1) is 0 Å². The summed E-state index contributed by atoms with van der Waals surface area (Å²) in [5.41, 5.74) is 4.14. The lowest BCUT2D eigenvalue weighted by molar-refractivity contribution is 0.226. The molecule has 0 unspecified atom stereocenters. The van der Waals surface area contributed by atoms with E-state index >= 15 is 0 Å². The number of benzene rings is 3. The predicted molar refractivity (Wildman–Crippen MR) is 131 cm³/mol. The molecule has 0 aliphatic carbocycles. The Labute approximate surface area is 198 Å². The zero-order chi connectivity index (χ0) is 21.8. The van der Waals surface area contributed by atoms with Crippen molar-refractivity contribution in [1.82, 2.24) is 4.90 Å². The van der Waals surface area contributed by atoms with Crippen LogP contribution in [0.4, 0.5) is 11.4 Å². The van der Waals surface area contributed by atoms with Crippen LogP contribution in [0.25, 0.3) is 4.85 Å². The van der Waals surface area contributed by atoms with Crippen LogP contribution < -0.4 is 4.90 Å². The highest BCUT2D eigenvalue weighted by molar-refractivity contribution is 6.36. The third-order valence-corrected chi connectivity index (χ3v) is 6.51. The Morgan fingerprint density at radius 3 is 2.26 bits per heavy atom. The van der Waals surface area contributed by atoms with E-state index in [4.69, 9.17) is 41.4 Å². The fraction of sp³-hybridized carbons (Fsp3) is 0.240. The number of anilines is 1. The molecule has 3 nitrogen and oxygen atoms in total. The van der Waals surface area contributed by atoms with Gasteiger partial charge in [-0.25, -0.2) is 4.85 Å². The molecule has 3 aromatic rings. The van der Waals surface area contributed by atoms with Gasteiger partial charge in [0, 0.05) is 36.2 Å². The van der Waals surface area contributed by atoms with E-state index in [1.54, 1.807) is 6.07 Å². The minimum atomic E-state index is 0.161. The minimum absolute atomic E-state index is 0.161. The third kappa shape index (κ3) is 5.34. The van der Waals surface area contributed by atoms with Crippen molar-refractivity contribution >= 4 is 46.2 Å². The van der Waals surface area contributed by atoms with Crippen LogP contribution >= 0.6 is 34.8 Å². The maximum absolute atomic E-state index is 7.10. The van der Waals surface area contributed by atoms with Gasteiger partial charge in [0.1, 0.15) is 0 Å². The van der Waals surface area contributed by atoms with Gasteiger partial charge >= 0.3 is 0 Å². The summed E-state index contributed by atoms with van der Waals surface area (Å²) >= 11 is 18.8. The standard InChI is InChI=1S/C25H22Cl3N3/c1-29-22-9-2-18(3-10-22)12-13-30-14-15-31(24-11-8-21(27)16-23(24)28)25(17-30)19-4-6-20(26)7-5-19/h2-11,16,25H,12-15,17H2/t25-/m0/s1. The highest BCUT2D eigenvalue weighted by Gasteiger charge is 2.29. The summed E-state index contributed by atoms with van der Waals surface area (Å²) in [6, 6.07) is 21.8. The molecule has 6 heteroatoms. The summed E-state index contributed by atoms with van der Waals surface area (Å²) in [5.74, 6) is 0. The van der Waals surface area contributed by atoms with Gasteiger partial charge < -0.3 is 4.90 Å². The Bertz CT molecular complexity index is 1070. The van der Waals surface area contributed by atoms with Crippen molar-refractivity contribution < 1.29 is 0 Å². The normalized spacial score (nSPS) is 16.8. The van der Waals surface area contributed by atoms with E-state index in [9.17, 15) is 0 Å². The highest BCUT2D eigenvalue weighted by Crippen LogP contribution is 2.36. The molecule has 3 aromatic carbocycles. The van der Waals surface area contributed by atoms with Crippen molar-refractivity contribution in [2.24, 2.45) is 0 Å². The molecule has 31 heavy (non-hydrogen) atoms. The van der Waals surface area contributed by atoms with Gasteiger partial charge in [-0.2, -0.15) is 0 Å². The maximum Gasteiger partial charge on any atom is 0.187 e. The number of piperazine rings is 1. The van der Waals surface area contributed by atoms with Crippen molar-refractivity contribution in [2.45, 2.75) is 12.5 Å². The molecule has 1 heterocycles. The largest absolute Gasteiger partial charge is 0.361 e. The van der Waals surface area contributed by atoms with E-state index in [1.807, 2.05) is 48.5 Å². The van der Waals surface area contributed by atoms with Crippen LogP contribution in [0.5, 0.6) is 0 Å². The Balaban J connectivity index is 1.53. The van der Waals surface area contributed by atoms with Crippen LogP contribution in [0, 0.1) is 6.57 Å². The number of rotatable bonds is 5. The minimum Gasteiger partial charge on any atom is -0.361 e. The molecule has 158 valence electrons. The molecule has 1 aliphatic heterocycles. The summed E-state index contributed by atoms with van der Waals surface area (Å²) in [7, 11) is 0. The Kier molecular flexibility index (Phi) is 7.05. The van der Waals surface area contributed by atoms with E-state index < -0.39 is 0 Å². The molecule has 0 spiro atoms. The summed E-state index contributed by atoms with van der Waals surface area (Å²) in [5, 5.41) is 2.04. The van der Waals surface area contributed by atoms with Crippen LogP contribution in [-0.4, -0.2) is 31.1 Å². The Morgan fingerprint density at radius 1 is 0.871 bits per heavy atom. The van der Waals surface area contributed by atoms with E-state index in [1.165, 1.54) is 11.1 Å². The molecule has 0 aromatic heterocycles. The number of hydrogen-bond acceptors (Lipinski definition) is 2. The lowest BCUT2D eigenvalue weighted by atomic mass is 10.0. The van der Waals surface area contributed by atoms with Gasteiger partial charge in [0.25, 0.3) is 0 Å². The molecule has 1 fully saturated rings. The van der Waals surface area contributed by atoms with E-state index in [0.717, 1.165) is 43.3 Å². The first-order valence-corrected chi connectivity index (χ1v) is 11.3. The first-order valence-electron chi connectivity index (χ1n) is 10.2. The third-order valence-electron chi connectivity index (χ3n) is 5.72. The summed E-state index contributed by atoms with van der Waals surface area (Å²) < 4.78 is 0. The molecule has 0 radical (unpaired) electrons. The van der Waals surface area contributed by atoms with Gasteiger partial charge in [-0.05, 0) is 47.9 Å². The molecule has 0 saturated carbocycles. The van der Waals surface area contributed by atoms with Crippen LogP contribution in [0.3, 0.4) is 0 Å². The van der Waals surface area contributed by atoms with Crippen molar-refractivity contribution in [2.75, 3.05) is 31.1 Å². The van der Waals surface area contributed by atoms with Crippen molar-refractivity contribution in [3.8, 4) is 0 Å². The molecular weight excluding hydrogens is 449 g/mol. The van der Waals surface area contributed by atoms with Crippen molar-refractivity contribution in [3.63, 3.8) is 0 Å². The van der Waals surface area contributed by atoms with E-state index in [2.05, 4.69) is 26.8 Å². The highest BCUT2D eigenvalue weighted by atomic mass is 35.5. The van der Waals surface area contributed by atoms with Crippen LogP contribution in [-0.2, 0) is 6.42 Å². The number of nitrogens with zero attached hydrogens (tertiary/aromatic N) is 3. The molecule has 0 amide bonds. The van der Waals surface area contributed by atoms with Crippen LogP contribution in [0.15, 0.2) is 66.7 Å². The molecule has 1 atom stereocenters. The predicted octanol–water partition coefficient (Wildman–Crippen LogP) is 7.30. The lowest BCUT2D eigenvalue weighted by Gasteiger charge is -2.43. The number of halogens is 3. The fourth-order valence-electron chi connectivity index (χ4n) is 4.04. The van der Waals surface area contributed by atoms with Gasteiger partial charge in [0.05, 0.1) is 23.3 Å². The molecule has 0 bridgehead atoms. The topological polar surface area (TPSA) is 10.8 Å². The number of hydrogen-bond donors (Lipinski definition) is 0. The monoisotopic (exact) mass is 469 g/mol. The Morgan fingerprint density at radius 2 is 1.58 bits per heavy atom. The second-order valence-electron chi connectivity index (χ2n) is 7.69. The van der Waals surface area contributed by atoms with Crippen LogP contribution in [0.2, 0.25) is 15.1 Å². The zero-order valence-corrected chi connectivity index (χ0v) is 19.2. The second-order valence-corrected chi connectivity index (χ2v) is 8.97. The van der Waals surface area contributed by atoms with E-state index in [0.29, 0.717) is 15.7 Å². The quantitative estimate of drug-likeness (QED) is 0.362. The molecule has 0 N–H and O–H groups in total. The fourth-order valence-corrected chi connectivity index (χ4v) is 4.68. The Hall–Kier alpha value is -2.22. The smallest absolute Gasteiger partial charge is 0.187 e. The SMILES string of the molecule is [C-]#[N+]c1ccc(CCN2CCN(c3ccc(Cl)cc3Cl)[C@H](c3ccc(Cl)cc3)C2)cc1. The van der Waals surface area contributed by atoms with Crippen molar-refractivity contribution in [1.29, 1.82) is 0 Å².